The number of anilines is 1. The van der Waals surface area contributed by atoms with Gasteiger partial charge in [0.2, 0.25) is 20.0 Å². The number of carbonyl (C=O) groups is 1. The van der Waals surface area contributed by atoms with Crippen LogP contribution in [0.5, 0.6) is 0 Å². The summed E-state index contributed by atoms with van der Waals surface area (Å²) in [5.41, 5.74) is 0.885. The Bertz CT molecular complexity index is 1320. The molecule has 4 rings (SSSR count). The van der Waals surface area contributed by atoms with Gasteiger partial charge in [-0.15, -0.1) is 0 Å². The minimum Gasteiger partial charge on any atom is -0.378 e. The fourth-order valence-corrected chi connectivity index (χ4v) is 8.08. The molecule has 0 amide bonds. The van der Waals surface area contributed by atoms with Crippen LogP contribution in [0.3, 0.4) is 0 Å². The summed E-state index contributed by atoms with van der Waals surface area (Å²) in [5.74, 6) is 0.0389. The Morgan fingerprint density at radius 1 is 0.892 bits per heavy atom. The molecule has 2 aromatic rings. The predicted molar refractivity (Wildman–Crippen MR) is 142 cm³/mol. The van der Waals surface area contributed by atoms with E-state index in [9.17, 15) is 21.6 Å². The number of nitrogens with one attached hydrogen (secondary N) is 1. The lowest BCUT2D eigenvalue weighted by molar-refractivity contribution is -0.0440. The standard InChI is InChI=1S/C26H35N3O6S2/c1-19-6-5-13-28(16-19)37(33,34)25-8-4-7-22(14-25)26(30)15-27-23-9-11-24(12-10-23)36(31,32)29-17-20(2)35-21(3)18-29/h4,7-12,14,19-21,27H,5-6,13,15-18H2,1-3H3. The lowest BCUT2D eigenvalue weighted by Crippen LogP contribution is -2.48. The largest absolute Gasteiger partial charge is 0.378 e. The van der Waals surface area contributed by atoms with Crippen molar-refractivity contribution in [1.82, 2.24) is 8.61 Å². The maximum Gasteiger partial charge on any atom is 0.243 e. The fraction of sp³-hybridized carbons (Fsp3) is 0.500. The van der Waals surface area contributed by atoms with Gasteiger partial charge in [-0.05, 0) is 69.0 Å². The summed E-state index contributed by atoms with van der Waals surface area (Å²) in [5, 5.41) is 3.00. The summed E-state index contributed by atoms with van der Waals surface area (Å²) in [4.78, 5) is 13.1. The van der Waals surface area contributed by atoms with Crippen LogP contribution in [0.25, 0.3) is 0 Å². The molecular formula is C26H35N3O6S2. The van der Waals surface area contributed by atoms with Crippen molar-refractivity contribution >= 4 is 31.5 Å². The van der Waals surface area contributed by atoms with Gasteiger partial charge < -0.3 is 10.1 Å². The normalized spacial score (nSPS) is 24.0. The second-order valence-corrected chi connectivity index (χ2v) is 13.9. The first-order chi connectivity index (χ1) is 17.5. The summed E-state index contributed by atoms with van der Waals surface area (Å²) >= 11 is 0. The molecule has 2 aliphatic rings. The summed E-state index contributed by atoms with van der Waals surface area (Å²) in [6, 6.07) is 12.4. The van der Waals surface area contributed by atoms with Crippen LogP contribution in [-0.2, 0) is 24.8 Å². The smallest absolute Gasteiger partial charge is 0.243 e. The molecule has 0 spiro atoms. The average molecular weight is 550 g/mol. The molecule has 2 heterocycles. The Morgan fingerprint density at radius 2 is 1.54 bits per heavy atom. The molecule has 11 heteroatoms. The van der Waals surface area contributed by atoms with Crippen LogP contribution in [0.15, 0.2) is 58.3 Å². The number of rotatable bonds is 8. The van der Waals surface area contributed by atoms with E-state index in [1.807, 2.05) is 20.8 Å². The van der Waals surface area contributed by atoms with Crippen LogP contribution in [0.2, 0.25) is 0 Å². The van der Waals surface area contributed by atoms with E-state index >= 15 is 0 Å². The number of hydrogen-bond donors (Lipinski definition) is 1. The van der Waals surface area contributed by atoms with Crippen molar-refractivity contribution < 1.29 is 26.4 Å². The van der Waals surface area contributed by atoms with E-state index in [-0.39, 0.29) is 34.3 Å². The second kappa shape index (κ2) is 11.2. The number of ether oxygens (including phenoxy) is 1. The van der Waals surface area contributed by atoms with Crippen LogP contribution in [-0.4, -0.2) is 76.2 Å². The molecule has 37 heavy (non-hydrogen) atoms. The minimum atomic E-state index is -3.66. The van der Waals surface area contributed by atoms with Gasteiger partial charge in [-0.2, -0.15) is 8.61 Å². The first-order valence-electron chi connectivity index (χ1n) is 12.6. The van der Waals surface area contributed by atoms with Crippen LogP contribution in [0, 0.1) is 5.92 Å². The van der Waals surface area contributed by atoms with E-state index in [1.54, 1.807) is 24.3 Å². The Labute approximate surface area is 219 Å². The molecule has 3 atom stereocenters. The van der Waals surface area contributed by atoms with E-state index in [0.29, 0.717) is 43.3 Å². The van der Waals surface area contributed by atoms with Crippen molar-refractivity contribution in [3.63, 3.8) is 0 Å². The van der Waals surface area contributed by atoms with Crippen LogP contribution >= 0.6 is 0 Å². The highest BCUT2D eigenvalue weighted by atomic mass is 32.2. The van der Waals surface area contributed by atoms with Crippen molar-refractivity contribution in [1.29, 1.82) is 0 Å². The topological polar surface area (TPSA) is 113 Å². The van der Waals surface area contributed by atoms with Crippen molar-refractivity contribution in [2.24, 2.45) is 5.92 Å². The van der Waals surface area contributed by atoms with E-state index < -0.39 is 20.0 Å². The third-order valence-electron chi connectivity index (χ3n) is 6.74. The molecule has 2 aromatic carbocycles. The Kier molecular flexibility index (Phi) is 8.39. The molecule has 0 aliphatic carbocycles. The van der Waals surface area contributed by atoms with Gasteiger partial charge in [0.25, 0.3) is 0 Å². The second-order valence-electron chi connectivity index (χ2n) is 10.0. The highest BCUT2D eigenvalue weighted by Gasteiger charge is 2.32. The molecule has 1 N–H and O–H groups in total. The summed E-state index contributed by atoms with van der Waals surface area (Å²) in [6.45, 7) is 7.25. The van der Waals surface area contributed by atoms with Gasteiger partial charge in [-0.3, -0.25) is 4.79 Å². The van der Waals surface area contributed by atoms with Gasteiger partial charge in [0.15, 0.2) is 5.78 Å². The Morgan fingerprint density at radius 3 is 2.19 bits per heavy atom. The zero-order valence-corrected chi connectivity index (χ0v) is 23.1. The molecule has 0 saturated carbocycles. The van der Waals surface area contributed by atoms with Crippen LogP contribution in [0.4, 0.5) is 5.69 Å². The number of sulfonamides is 2. The summed E-state index contributed by atoms with van der Waals surface area (Å²) in [6.07, 6.45) is 1.48. The number of morpholine rings is 1. The van der Waals surface area contributed by atoms with E-state index in [0.717, 1.165) is 12.8 Å². The number of benzene rings is 2. The SMILES string of the molecule is CC1CCCN(S(=O)(=O)c2cccc(C(=O)CNc3ccc(S(=O)(=O)N4CC(C)OC(C)C4)cc3)c2)C1. The monoisotopic (exact) mass is 549 g/mol. The van der Waals surface area contributed by atoms with Crippen LogP contribution in [0.1, 0.15) is 44.0 Å². The Hall–Kier alpha value is -2.31. The number of nitrogens with zero attached hydrogens (tertiary/aromatic N) is 2. The van der Waals surface area contributed by atoms with Gasteiger partial charge in [0.05, 0.1) is 28.5 Å². The van der Waals surface area contributed by atoms with Gasteiger partial charge in [-0.25, -0.2) is 16.8 Å². The zero-order chi connectivity index (χ0) is 26.8. The molecule has 0 bridgehead atoms. The van der Waals surface area contributed by atoms with E-state index in [4.69, 9.17) is 4.74 Å². The molecular weight excluding hydrogens is 514 g/mol. The van der Waals surface area contributed by atoms with E-state index in [2.05, 4.69) is 5.32 Å². The molecule has 0 aromatic heterocycles. The number of piperidine rings is 1. The van der Waals surface area contributed by atoms with Gasteiger partial charge >= 0.3 is 0 Å². The van der Waals surface area contributed by atoms with Crippen LogP contribution < -0.4 is 5.32 Å². The first kappa shape index (κ1) is 27.7. The van der Waals surface area contributed by atoms with E-state index in [1.165, 1.54) is 32.9 Å². The molecule has 9 nitrogen and oxygen atoms in total. The molecule has 2 fully saturated rings. The molecule has 3 unspecified atom stereocenters. The maximum absolute atomic E-state index is 13.1. The Balaban J connectivity index is 1.40. The van der Waals surface area contributed by atoms with Crippen molar-refractivity contribution in [2.75, 3.05) is 38.0 Å². The molecule has 2 aliphatic heterocycles. The zero-order valence-electron chi connectivity index (χ0n) is 21.5. The summed E-state index contributed by atoms with van der Waals surface area (Å²) < 4.78 is 60.8. The minimum absolute atomic E-state index is 0.0607. The molecule has 202 valence electrons. The third-order valence-corrected chi connectivity index (χ3v) is 10.5. The number of ketones is 1. The van der Waals surface area contributed by atoms with Crippen molar-refractivity contribution in [2.45, 2.75) is 55.6 Å². The maximum atomic E-state index is 13.1. The van der Waals surface area contributed by atoms with Gasteiger partial charge in [-0.1, -0.05) is 19.1 Å². The van der Waals surface area contributed by atoms with Crippen molar-refractivity contribution in [3.8, 4) is 0 Å². The first-order valence-corrected chi connectivity index (χ1v) is 15.5. The molecule has 0 radical (unpaired) electrons. The third kappa shape index (κ3) is 6.40. The number of Topliss-reactive ketones (excluding diaryl/α,β-unsaturated/α-hetero) is 1. The predicted octanol–water partition coefficient (Wildman–Crippen LogP) is 3.20. The van der Waals surface area contributed by atoms with Gasteiger partial charge in [0.1, 0.15) is 0 Å². The van der Waals surface area contributed by atoms with Gasteiger partial charge in [0, 0.05) is 37.4 Å². The van der Waals surface area contributed by atoms with Crippen molar-refractivity contribution in [3.05, 3.63) is 54.1 Å². The number of carbonyl (C=O) groups excluding carboxylic acids is 1. The highest BCUT2D eigenvalue weighted by molar-refractivity contribution is 7.89. The average Bonchev–Trinajstić information content (AvgIpc) is 2.87. The highest BCUT2D eigenvalue weighted by Crippen LogP contribution is 2.25. The lowest BCUT2D eigenvalue weighted by Gasteiger charge is -2.34. The summed E-state index contributed by atoms with van der Waals surface area (Å²) in [7, 11) is -7.31. The fourth-order valence-electron chi connectivity index (χ4n) is 4.85. The quantitative estimate of drug-likeness (QED) is 0.503. The number of hydrogen-bond acceptors (Lipinski definition) is 7. The lowest BCUT2D eigenvalue weighted by atomic mass is 10.0. The molecule has 2 saturated heterocycles.